The summed E-state index contributed by atoms with van der Waals surface area (Å²) in [5.41, 5.74) is 1.71. The third kappa shape index (κ3) is 4.62. The van der Waals surface area contributed by atoms with Gasteiger partial charge in [0.05, 0.1) is 0 Å². The third-order valence-electron chi connectivity index (χ3n) is 5.48. The van der Waals surface area contributed by atoms with Crippen molar-refractivity contribution in [2.75, 3.05) is 0 Å². The molecule has 1 aromatic carbocycles. The van der Waals surface area contributed by atoms with E-state index in [1.165, 1.54) is 19.3 Å². The van der Waals surface area contributed by atoms with Crippen molar-refractivity contribution in [1.82, 2.24) is 0 Å². The molecule has 1 aliphatic rings. The lowest BCUT2D eigenvalue weighted by atomic mass is 9.85. The van der Waals surface area contributed by atoms with E-state index in [0.717, 1.165) is 24.0 Å². The van der Waals surface area contributed by atoms with Crippen molar-refractivity contribution in [2.24, 2.45) is 0 Å². The van der Waals surface area contributed by atoms with E-state index in [4.69, 9.17) is 4.43 Å². The van der Waals surface area contributed by atoms with E-state index in [-0.39, 0.29) is 10.6 Å². The van der Waals surface area contributed by atoms with Crippen molar-refractivity contribution < 1.29 is 4.43 Å². The van der Waals surface area contributed by atoms with Crippen molar-refractivity contribution in [2.45, 2.75) is 76.6 Å². The predicted octanol–water partition coefficient (Wildman–Crippen LogP) is 6.43. The summed E-state index contributed by atoms with van der Waals surface area (Å²) >= 11 is 0. The SMILES string of the molecule is C=C(C#CC1(O[Si](C)(C)C(C)(C)C)CCCCC1)c1ccccc1. The predicted molar refractivity (Wildman–Crippen MR) is 107 cm³/mol. The van der Waals surface area contributed by atoms with Gasteiger partial charge >= 0.3 is 0 Å². The van der Waals surface area contributed by atoms with Crippen molar-refractivity contribution in [3.05, 3.63) is 42.5 Å². The standard InChI is InChI=1S/C22H32OSi/c1-19(20-13-9-7-10-14-20)15-18-22(16-11-8-12-17-22)23-24(5,6)21(2,3)4/h7,9-10,13-14H,1,8,11-12,16-17H2,2-6H3. The maximum atomic E-state index is 6.84. The Bertz CT molecular complexity index is 619. The Morgan fingerprint density at radius 2 is 1.67 bits per heavy atom. The smallest absolute Gasteiger partial charge is 0.194 e. The average Bonchev–Trinajstić information content (AvgIpc) is 2.53. The number of allylic oxidation sites excluding steroid dienone is 1. The summed E-state index contributed by atoms with van der Waals surface area (Å²) in [6.07, 6.45) is 5.81. The molecule has 0 spiro atoms. The molecule has 0 bridgehead atoms. The van der Waals surface area contributed by atoms with Crippen LogP contribution < -0.4 is 0 Å². The van der Waals surface area contributed by atoms with E-state index in [0.29, 0.717) is 0 Å². The van der Waals surface area contributed by atoms with Crippen LogP contribution in [0, 0.1) is 11.8 Å². The summed E-state index contributed by atoms with van der Waals surface area (Å²) in [7, 11) is -1.85. The lowest BCUT2D eigenvalue weighted by molar-refractivity contribution is 0.0718. The minimum atomic E-state index is -1.85. The molecule has 2 heteroatoms. The molecule has 1 nitrogen and oxygen atoms in total. The molecule has 1 aliphatic carbocycles. The fourth-order valence-electron chi connectivity index (χ4n) is 2.92. The summed E-state index contributed by atoms with van der Waals surface area (Å²) in [5, 5.41) is 0.204. The van der Waals surface area contributed by atoms with Crippen LogP contribution in [0.5, 0.6) is 0 Å². The minimum absolute atomic E-state index is 0.204. The third-order valence-corrected chi connectivity index (χ3v) is 9.99. The van der Waals surface area contributed by atoms with Crippen LogP contribution in [0.25, 0.3) is 5.57 Å². The van der Waals surface area contributed by atoms with Gasteiger partial charge in [-0.15, -0.1) is 0 Å². The van der Waals surface area contributed by atoms with Gasteiger partial charge in [0, 0.05) is 5.57 Å². The van der Waals surface area contributed by atoms with Crippen molar-refractivity contribution in [3.8, 4) is 11.8 Å². The number of hydrogen-bond acceptors (Lipinski definition) is 1. The van der Waals surface area contributed by atoms with E-state index in [9.17, 15) is 0 Å². The minimum Gasteiger partial charge on any atom is -0.401 e. The topological polar surface area (TPSA) is 9.23 Å². The van der Waals surface area contributed by atoms with Gasteiger partial charge in [0.2, 0.25) is 0 Å². The van der Waals surface area contributed by atoms with Gasteiger partial charge in [-0.2, -0.15) is 0 Å². The molecule has 0 aliphatic heterocycles. The second kappa shape index (κ2) is 7.29. The molecule has 0 saturated heterocycles. The lowest BCUT2D eigenvalue weighted by Crippen LogP contribution is -2.50. The van der Waals surface area contributed by atoms with E-state index in [1.54, 1.807) is 0 Å². The Balaban J connectivity index is 2.26. The van der Waals surface area contributed by atoms with E-state index in [1.807, 2.05) is 18.2 Å². The zero-order chi connectivity index (χ0) is 17.8. The first-order chi connectivity index (χ1) is 11.2. The van der Waals surface area contributed by atoms with Crippen molar-refractivity contribution in [1.29, 1.82) is 0 Å². The van der Waals surface area contributed by atoms with Crippen molar-refractivity contribution >= 4 is 13.9 Å². The number of rotatable bonds is 3. The summed E-state index contributed by atoms with van der Waals surface area (Å²) in [6, 6.07) is 10.2. The number of benzene rings is 1. The first-order valence-corrected chi connectivity index (χ1v) is 12.0. The highest BCUT2D eigenvalue weighted by molar-refractivity contribution is 6.74. The Morgan fingerprint density at radius 1 is 1.08 bits per heavy atom. The number of hydrogen-bond donors (Lipinski definition) is 0. The summed E-state index contributed by atoms with van der Waals surface area (Å²) < 4.78 is 6.84. The van der Waals surface area contributed by atoms with Crippen LogP contribution >= 0.6 is 0 Å². The Hall–Kier alpha value is -1.30. The first kappa shape index (κ1) is 19.0. The van der Waals surface area contributed by atoms with Gasteiger partial charge in [0.1, 0.15) is 5.60 Å². The van der Waals surface area contributed by atoms with Gasteiger partial charge < -0.3 is 4.43 Å². The van der Waals surface area contributed by atoms with Crippen LogP contribution in [0.15, 0.2) is 36.9 Å². The van der Waals surface area contributed by atoms with Crippen LogP contribution in [-0.2, 0) is 4.43 Å². The quantitative estimate of drug-likeness (QED) is 0.455. The molecule has 0 unspecified atom stereocenters. The molecule has 1 aromatic rings. The summed E-state index contributed by atoms with van der Waals surface area (Å²) in [6.45, 7) is 15.7. The van der Waals surface area contributed by atoms with E-state index in [2.05, 4.69) is 64.4 Å². The molecular weight excluding hydrogens is 308 g/mol. The molecule has 0 radical (unpaired) electrons. The fraction of sp³-hybridized carbons (Fsp3) is 0.545. The van der Waals surface area contributed by atoms with Gasteiger partial charge in [0.25, 0.3) is 0 Å². The highest BCUT2D eigenvalue weighted by Gasteiger charge is 2.44. The molecular formula is C22H32OSi. The molecule has 0 heterocycles. The van der Waals surface area contributed by atoms with E-state index < -0.39 is 8.32 Å². The molecule has 1 saturated carbocycles. The van der Waals surface area contributed by atoms with Gasteiger partial charge in [-0.3, -0.25) is 0 Å². The molecule has 0 aromatic heterocycles. The van der Waals surface area contributed by atoms with Gasteiger partial charge in [0.15, 0.2) is 8.32 Å². The van der Waals surface area contributed by atoms with Crippen LogP contribution in [0.3, 0.4) is 0 Å². The average molecular weight is 341 g/mol. The second-order valence-electron chi connectivity index (χ2n) is 8.51. The zero-order valence-electron chi connectivity index (χ0n) is 16.0. The molecule has 0 N–H and O–H groups in total. The lowest BCUT2D eigenvalue weighted by Gasteiger charge is -2.45. The van der Waals surface area contributed by atoms with Crippen molar-refractivity contribution in [3.63, 3.8) is 0 Å². The Kier molecular flexibility index (Phi) is 5.78. The second-order valence-corrected chi connectivity index (χ2v) is 13.2. The van der Waals surface area contributed by atoms with Crippen LogP contribution in [0.2, 0.25) is 18.1 Å². The summed E-state index contributed by atoms with van der Waals surface area (Å²) in [4.78, 5) is 0. The highest BCUT2D eigenvalue weighted by atomic mass is 28.4. The molecule has 1 fully saturated rings. The van der Waals surface area contributed by atoms with Crippen LogP contribution in [0.1, 0.15) is 58.4 Å². The van der Waals surface area contributed by atoms with E-state index >= 15 is 0 Å². The van der Waals surface area contributed by atoms with Gasteiger partial charge in [-0.1, -0.05) is 75.9 Å². The van der Waals surface area contributed by atoms with Gasteiger partial charge in [-0.05, 0) is 49.4 Å². The Labute approximate surface area is 149 Å². The maximum Gasteiger partial charge on any atom is 0.194 e. The van der Waals surface area contributed by atoms with Gasteiger partial charge in [-0.25, -0.2) is 0 Å². The molecule has 0 amide bonds. The van der Waals surface area contributed by atoms with Crippen LogP contribution in [-0.4, -0.2) is 13.9 Å². The monoisotopic (exact) mass is 340 g/mol. The largest absolute Gasteiger partial charge is 0.401 e. The Morgan fingerprint density at radius 3 is 2.21 bits per heavy atom. The molecule has 0 atom stereocenters. The zero-order valence-corrected chi connectivity index (χ0v) is 17.0. The summed E-state index contributed by atoms with van der Waals surface area (Å²) in [5.74, 6) is 6.86. The molecule has 2 rings (SSSR count). The first-order valence-electron chi connectivity index (χ1n) is 9.13. The molecule has 130 valence electrons. The maximum absolute atomic E-state index is 6.84. The highest BCUT2D eigenvalue weighted by Crippen LogP contribution is 2.43. The fourth-order valence-corrected chi connectivity index (χ4v) is 4.46. The molecule has 24 heavy (non-hydrogen) atoms. The van der Waals surface area contributed by atoms with Crippen LogP contribution in [0.4, 0.5) is 0 Å². The normalized spacial score (nSPS) is 17.7.